The summed E-state index contributed by atoms with van der Waals surface area (Å²) in [6.07, 6.45) is 4.36. The van der Waals surface area contributed by atoms with Gasteiger partial charge in [-0.2, -0.15) is 0 Å². The Bertz CT molecular complexity index is 194. The lowest BCUT2D eigenvalue weighted by Crippen LogP contribution is -2.42. The Morgan fingerprint density at radius 3 is 2.86 bits per heavy atom. The molecule has 0 radical (unpaired) electrons. The highest BCUT2D eigenvalue weighted by atomic mass is 16.2. The summed E-state index contributed by atoms with van der Waals surface area (Å²) >= 11 is 0. The van der Waals surface area contributed by atoms with E-state index in [9.17, 15) is 4.79 Å². The van der Waals surface area contributed by atoms with E-state index in [1.165, 1.54) is 12.8 Å². The summed E-state index contributed by atoms with van der Waals surface area (Å²) in [6.45, 7) is 6.00. The van der Waals surface area contributed by atoms with E-state index in [1.807, 2.05) is 11.8 Å². The van der Waals surface area contributed by atoms with Crippen molar-refractivity contribution >= 4 is 5.91 Å². The first kappa shape index (κ1) is 11.5. The largest absolute Gasteiger partial charge is 0.341 e. The summed E-state index contributed by atoms with van der Waals surface area (Å²) < 4.78 is 0. The first-order chi connectivity index (χ1) is 6.69. The fourth-order valence-electron chi connectivity index (χ4n) is 2.09. The van der Waals surface area contributed by atoms with Crippen molar-refractivity contribution in [1.82, 2.24) is 4.90 Å². The van der Waals surface area contributed by atoms with Gasteiger partial charge in [-0.1, -0.05) is 20.3 Å². The van der Waals surface area contributed by atoms with Gasteiger partial charge in [0, 0.05) is 13.1 Å². The molecule has 1 aliphatic rings. The summed E-state index contributed by atoms with van der Waals surface area (Å²) in [6, 6.07) is -0.282. The van der Waals surface area contributed by atoms with Crippen molar-refractivity contribution in [3.05, 3.63) is 0 Å². The van der Waals surface area contributed by atoms with Gasteiger partial charge in [0.25, 0.3) is 0 Å². The van der Waals surface area contributed by atoms with Crippen molar-refractivity contribution < 1.29 is 4.79 Å². The maximum atomic E-state index is 11.7. The van der Waals surface area contributed by atoms with E-state index in [1.54, 1.807) is 0 Å². The Morgan fingerprint density at radius 2 is 2.29 bits per heavy atom. The molecular formula is C11H22N2O. The molecule has 1 rings (SSSR count). The first-order valence-corrected chi connectivity index (χ1v) is 5.73. The highest BCUT2D eigenvalue weighted by Gasteiger charge is 2.27. The summed E-state index contributed by atoms with van der Waals surface area (Å²) in [5, 5.41) is 0. The van der Waals surface area contributed by atoms with Gasteiger partial charge in [0.1, 0.15) is 0 Å². The number of nitrogens with zero attached hydrogens (tertiary/aromatic N) is 1. The fraction of sp³-hybridized carbons (Fsp3) is 0.909. The normalized spacial score (nSPS) is 23.9. The van der Waals surface area contributed by atoms with Crippen molar-refractivity contribution in [3.8, 4) is 0 Å². The lowest BCUT2D eigenvalue weighted by molar-refractivity contribution is -0.131. The molecular weight excluding hydrogens is 176 g/mol. The Morgan fingerprint density at radius 1 is 1.57 bits per heavy atom. The SMILES string of the molecule is CCCC1CCN(C(=O)[C@H](N)CC)C1. The van der Waals surface area contributed by atoms with Crippen molar-refractivity contribution in [3.63, 3.8) is 0 Å². The van der Waals surface area contributed by atoms with E-state index in [2.05, 4.69) is 6.92 Å². The molecule has 14 heavy (non-hydrogen) atoms. The zero-order chi connectivity index (χ0) is 10.6. The minimum absolute atomic E-state index is 0.145. The molecule has 0 aromatic heterocycles. The number of carbonyl (C=O) groups excluding carboxylic acids is 1. The number of nitrogens with two attached hydrogens (primary N) is 1. The van der Waals surface area contributed by atoms with Crippen molar-refractivity contribution in [1.29, 1.82) is 0 Å². The third-order valence-electron chi connectivity index (χ3n) is 3.05. The molecule has 1 aliphatic heterocycles. The first-order valence-electron chi connectivity index (χ1n) is 5.73. The third-order valence-corrected chi connectivity index (χ3v) is 3.05. The van der Waals surface area contributed by atoms with Gasteiger partial charge in [0.05, 0.1) is 6.04 Å². The molecule has 3 nitrogen and oxygen atoms in total. The molecule has 1 heterocycles. The molecule has 0 saturated carbocycles. The Hall–Kier alpha value is -0.570. The molecule has 0 aliphatic carbocycles. The molecule has 1 amide bonds. The highest BCUT2D eigenvalue weighted by molar-refractivity contribution is 5.81. The van der Waals surface area contributed by atoms with Crippen LogP contribution in [-0.2, 0) is 4.79 Å². The van der Waals surface area contributed by atoms with Gasteiger partial charge in [0.15, 0.2) is 0 Å². The van der Waals surface area contributed by atoms with Gasteiger partial charge in [-0.3, -0.25) is 4.79 Å². The fourth-order valence-corrected chi connectivity index (χ4v) is 2.09. The molecule has 1 saturated heterocycles. The smallest absolute Gasteiger partial charge is 0.239 e. The van der Waals surface area contributed by atoms with E-state index in [4.69, 9.17) is 5.73 Å². The highest BCUT2D eigenvalue weighted by Crippen LogP contribution is 2.21. The Kier molecular flexibility index (Phi) is 4.39. The monoisotopic (exact) mass is 198 g/mol. The summed E-state index contributed by atoms with van der Waals surface area (Å²) in [7, 11) is 0. The molecule has 2 atom stereocenters. The molecule has 0 bridgehead atoms. The average molecular weight is 198 g/mol. The van der Waals surface area contributed by atoms with E-state index in [0.717, 1.165) is 25.9 Å². The average Bonchev–Trinajstić information content (AvgIpc) is 2.64. The lowest BCUT2D eigenvalue weighted by Gasteiger charge is -2.19. The van der Waals surface area contributed by atoms with E-state index < -0.39 is 0 Å². The van der Waals surface area contributed by atoms with Crippen LogP contribution in [0.2, 0.25) is 0 Å². The number of carbonyl (C=O) groups is 1. The molecule has 0 aromatic rings. The number of hydrogen-bond donors (Lipinski definition) is 1. The minimum atomic E-state index is -0.282. The summed E-state index contributed by atoms with van der Waals surface area (Å²) in [4.78, 5) is 13.7. The topological polar surface area (TPSA) is 46.3 Å². The minimum Gasteiger partial charge on any atom is -0.341 e. The third kappa shape index (κ3) is 2.71. The Labute approximate surface area is 86.6 Å². The number of likely N-dealkylation sites (tertiary alicyclic amines) is 1. The van der Waals surface area contributed by atoms with Crippen LogP contribution in [0.4, 0.5) is 0 Å². The second-order valence-corrected chi connectivity index (χ2v) is 4.24. The van der Waals surface area contributed by atoms with Crippen LogP contribution in [0, 0.1) is 5.92 Å². The predicted octanol–water partition coefficient (Wildman–Crippen LogP) is 1.37. The van der Waals surface area contributed by atoms with Crippen molar-refractivity contribution in [2.24, 2.45) is 11.7 Å². The number of hydrogen-bond acceptors (Lipinski definition) is 2. The lowest BCUT2D eigenvalue weighted by atomic mass is 10.0. The van der Waals surface area contributed by atoms with Gasteiger partial charge >= 0.3 is 0 Å². The molecule has 82 valence electrons. The number of amides is 1. The van der Waals surface area contributed by atoms with Gasteiger partial charge < -0.3 is 10.6 Å². The van der Waals surface area contributed by atoms with Crippen molar-refractivity contribution in [2.45, 2.75) is 45.6 Å². The van der Waals surface area contributed by atoms with Gasteiger partial charge in [-0.25, -0.2) is 0 Å². The Balaban J connectivity index is 2.37. The van der Waals surface area contributed by atoms with Crippen LogP contribution in [0.25, 0.3) is 0 Å². The number of rotatable bonds is 4. The predicted molar refractivity (Wildman–Crippen MR) is 57.9 cm³/mol. The molecule has 0 spiro atoms. The summed E-state index contributed by atoms with van der Waals surface area (Å²) in [5.74, 6) is 0.860. The molecule has 1 unspecified atom stereocenters. The molecule has 2 N–H and O–H groups in total. The zero-order valence-electron chi connectivity index (χ0n) is 9.33. The molecule has 0 aromatic carbocycles. The molecule has 3 heteroatoms. The van der Waals surface area contributed by atoms with Crippen LogP contribution < -0.4 is 5.73 Å². The second kappa shape index (κ2) is 5.35. The molecule has 1 fully saturated rings. The second-order valence-electron chi connectivity index (χ2n) is 4.24. The van der Waals surface area contributed by atoms with E-state index in [-0.39, 0.29) is 11.9 Å². The maximum Gasteiger partial charge on any atom is 0.239 e. The quantitative estimate of drug-likeness (QED) is 0.741. The summed E-state index contributed by atoms with van der Waals surface area (Å²) in [5.41, 5.74) is 5.72. The maximum absolute atomic E-state index is 11.7. The standard InChI is InChI=1S/C11H22N2O/c1-3-5-9-6-7-13(8-9)11(14)10(12)4-2/h9-10H,3-8,12H2,1-2H3/t9?,10-/m1/s1. The van der Waals surface area contributed by atoms with Gasteiger partial charge in [0.2, 0.25) is 5.91 Å². The van der Waals surface area contributed by atoms with Crippen LogP contribution in [0.1, 0.15) is 39.5 Å². The van der Waals surface area contributed by atoms with Crippen LogP contribution in [0.3, 0.4) is 0 Å². The van der Waals surface area contributed by atoms with E-state index >= 15 is 0 Å². The van der Waals surface area contributed by atoms with Crippen LogP contribution in [0.15, 0.2) is 0 Å². The van der Waals surface area contributed by atoms with Crippen molar-refractivity contribution in [2.75, 3.05) is 13.1 Å². The van der Waals surface area contributed by atoms with Gasteiger partial charge in [-0.05, 0) is 25.2 Å². The van der Waals surface area contributed by atoms with E-state index in [0.29, 0.717) is 5.92 Å². The zero-order valence-corrected chi connectivity index (χ0v) is 9.33. The van der Waals surface area contributed by atoms with Gasteiger partial charge in [-0.15, -0.1) is 0 Å². The van der Waals surface area contributed by atoms with Crippen LogP contribution in [-0.4, -0.2) is 29.9 Å². The van der Waals surface area contributed by atoms with Crippen LogP contribution >= 0.6 is 0 Å². The van der Waals surface area contributed by atoms with Crippen LogP contribution in [0.5, 0.6) is 0 Å².